The van der Waals surface area contributed by atoms with Crippen molar-refractivity contribution in [2.24, 2.45) is 5.92 Å². The molecule has 0 spiro atoms. The Hall–Kier alpha value is -0.410. The van der Waals surface area contributed by atoms with E-state index < -0.39 is 0 Å². The zero-order valence-corrected chi connectivity index (χ0v) is 8.97. The maximum Gasteiger partial charge on any atom is 0.0794 e. The Morgan fingerprint density at radius 2 is 2.31 bits per heavy atom. The molecule has 0 aliphatic heterocycles. The molecule has 13 heavy (non-hydrogen) atoms. The number of aromatic nitrogens is 1. The fourth-order valence-electron chi connectivity index (χ4n) is 1.65. The second-order valence-electron chi connectivity index (χ2n) is 3.92. The topological polar surface area (TPSA) is 24.9 Å². The highest BCUT2D eigenvalue weighted by molar-refractivity contribution is 7.09. The lowest BCUT2D eigenvalue weighted by atomic mass is 10.2. The highest BCUT2D eigenvalue weighted by Crippen LogP contribution is 2.33. The molecule has 2 nitrogen and oxygen atoms in total. The van der Waals surface area contributed by atoms with Crippen LogP contribution >= 0.6 is 11.3 Å². The van der Waals surface area contributed by atoms with Crippen LogP contribution < -0.4 is 5.32 Å². The van der Waals surface area contributed by atoms with Crippen LogP contribution in [0.2, 0.25) is 0 Å². The highest BCUT2D eigenvalue weighted by atomic mass is 32.1. The van der Waals surface area contributed by atoms with Crippen LogP contribution in [0.25, 0.3) is 0 Å². The number of nitrogens with zero attached hydrogens (tertiary/aromatic N) is 1. The second kappa shape index (κ2) is 3.76. The molecular formula is C10H16N2S. The number of nitrogens with one attached hydrogen (secondary N) is 1. The van der Waals surface area contributed by atoms with Gasteiger partial charge in [-0.05, 0) is 32.6 Å². The Morgan fingerprint density at radius 1 is 1.54 bits per heavy atom. The maximum absolute atomic E-state index is 4.09. The molecule has 1 N–H and O–H groups in total. The third-order valence-electron chi connectivity index (χ3n) is 2.72. The third-order valence-corrected chi connectivity index (χ3v) is 3.68. The van der Waals surface area contributed by atoms with Crippen LogP contribution in [0.15, 0.2) is 11.7 Å². The smallest absolute Gasteiger partial charge is 0.0794 e. The summed E-state index contributed by atoms with van der Waals surface area (Å²) < 4.78 is 0. The lowest BCUT2D eigenvalue weighted by molar-refractivity contribution is 0.445. The van der Waals surface area contributed by atoms with E-state index in [0.717, 1.165) is 5.92 Å². The molecule has 72 valence electrons. The van der Waals surface area contributed by atoms with Gasteiger partial charge in [0.15, 0.2) is 0 Å². The van der Waals surface area contributed by atoms with Crippen LogP contribution in [0.1, 0.15) is 37.6 Å². The minimum atomic E-state index is 0.461. The van der Waals surface area contributed by atoms with Crippen LogP contribution in [-0.2, 0) is 0 Å². The molecule has 1 saturated carbocycles. The Balaban J connectivity index is 1.87. The Bertz CT molecular complexity index is 254. The van der Waals surface area contributed by atoms with Gasteiger partial charge in [-0.15, -0.1) is 11.3 Å². The summed E-state index contributed by atoms with van der Waals surface area (Å²) in [5.74, 6) is 0.926. The largest absolute Gasteiger partial charge is 0.307 e. The number of thiazole rings is 1. The van der Waals surface area contributed by atoms with Crippen LogP contribution in [0.4, 0.5) is 0 Å². The van der Waals surface area contributed by atoms with E-state index in [9.17, 15) is 0 Å². The van der Waals surface area contributed by atoms with Crippen LogP contribution in [-0.4, -0.2) is 11.0 Å². The van der Waals surface area contributed by atoms with Gasteiger partial charge < -0.3 is 5.32 Å². The summed E-state index contributed by atoms with van der Waals surface area (Å²) in [6.07, 6.45) is 4.77. The number of hydrogen-bond donors (Lipinski definition) is 1. The molecule has 2 atom stereocenters. The van der Waals surface area contributed by atoms with Crippen molar-refractivity contribution in [2.75, 3.05) is 0 Å². The zero-order chi connectivity index (χ0) is 9.26. The molecule has 0 aromatic carbocycles. The minimum Gasteiger partial charge on any atom is -0.307 e. The van der Waals surface area contributed by atoms with Gasteiger partial charge in [0.05, 0.1) is 5.51 Å². The summed E-state index contributed by atoms with van der Waals surface area (Å²) >= 11 is 1.73. The molecule has 0 bridgehead atoms. The predicted octanol–water partition coefficient (Wildman–Crippen LogP) is 2.59. The lowest BCUT2D eigenvalue weighted by Crippen LogP contribution is -2.30. The SMILES string of the molecule is CC(NC(C)C1CC1)c1cncs1. The van der Waals surface area contributed by atoms with Crippen LogP contribution in [0, 0.1) is 5.92 Å². The van der Waals surface area contributed by atoms with Crippen molar-refractivity contribution in [3.8, 4) is 0 Å². The molecule has 0 saturated heterocycles. The molecule has 1 aromatic heterocycles. The number of rotatable bonds is 4. The molecule has 1 heterocycles. The van der Waals surface area contributed by atoms with Crippen molar-refractivity contribution in [3.05, 3.63) is 16.6 Å². The molecular weight excluding hydrogens is 180 g/mol. The quantitative estimate of drug-likeness (QED) is 0.800. The van der Waals surface area contributed by atoms with Gasteiger partial charge >= 0.3 is 0 Å². The van der Waals surface area contributed by atoms with E-state index in [1.54, 1.807) is 11.3 Å². The third kappa shape index (κ3) is 2.29. The first-order chi connectivity index (χ1) is 6.27. The average Bonchev–Trinajstić information content (AvgIpc) is 2.81. The maximum atomic E-state index is 4.09. The summed E-state index contributed by atoms with van der Waals surface area (Å²) in [5.41, 5.74) is 1.90. The summed E-state index contributed by atoms with van der Waals surface area (Å²) in [6.45, 7) is 4.50. The first kappa shape index (κ1) is 9.16. The standard InChI is InChI=1S/C10H16N2S/c1-7(9-3-4-9)12-8(2)10-5-11-6-13-10/h5-9,12H,3-4H2,1-2H3. The van der Waals surface area contributed by atoms with Crippen molar-refractivity contribution in [1.29, 1.82) is 0 Å². The molecule has 0 radical (unpaired) electrons. The fraction of sp³-hybridized carbons (Fsp3) is 0.700. The number of hydrogen-bond acceptors (Lipinski definition) is 3. The van der Waals surface area contributed by atoms with E-state index in [1.807, 2.05) is 11.7 Å². The summed E-state index contributed by atoms with van der Waals surface area (Å²) in [5, 5.41) is 3.61. The Morgan fingerprint density at radius 3 is 2.85 bits per heavy atom. The van der Waals surface area contributed by atoms with E-state index in [-0.39, 0.29) is 0 Å². The van der Waals surface area contributed by atoms with Gasteiger partial charge in [0, 0.05) is 23.2 Å². The minimum absolute atomic E-state index is 0.461. The van der Waals surface area contributed by atoms with Crippen molar-refractivity contribution in [2.45, 2.75) is 38.8 Å². The van der Waals surface area contributed by atoms with E-state index in [0.29, 0.717) is 12.1 Å². The normalized spacial score (nSPS) is 21.4. The Kier molecular flexibility index (Phi) is 2.65. The van der Waals surface area contributed by atoms with Crippen molar-refractivity contribution >= 4 is 11.3 Å². The van der Waals surface area contributed by atoms with Gasteiger partial charge in [-0.2, -0.15) is 0 Å². The van der Waals surface area contributed by atoms with Crippen LogP contribution in [0.3, 0.4) is 0 Å². The summed E-state index contributed by atoms with van der Waals surface area (Å²) in [6, 6.07) is 1.13. The molecule has 1 aliphatic carbocycles. The molecule has 1 aliphatic rings. The molecule has 0 amide bonds. The van der Waals surface area contributed by atoms with Gasteiger partial charge in [0.1, 0.15) is 0 Å². The van der Waals surface area contributed by atoms with E-state index in [2.05, 4.69) is 24.1 Å². The van der Waals surface area contributed by atoms with E-state index in [1.165, 1.54) is 17.7 Å². The van der Waals surface area contributed by atoms with Crippen molar-refractivity contribution in [3.63, 3.8) is 0 Å². The van der Waals surface area contributed by atoms with Gasteiger partial charge in [-0.3, -0.25) is 4.98 Å². The van der Waals surface area contributed by atoms with Crippen LogP contribution in [0.5, 0.6) is 0 Å². The lowest BCUT2D eigenvalue weighted by Gasteiger charge is -2.18. The molecule has 1 aromatic rings. The monoisotopic (exact) mass is 196 g/mol. The molecule has 1 fully saturated rings. The summed E-state index contributed by atoms with van der Waals surface area (Å²) in [7, 11) is 0. The van der Waals surface area contributed by atoms with Gasteiger partial charge in [0.2, 0.25) is 0 Å². The highest BCUT2D eigenvalue weighted by Gasteiger charge is 2.28. The van der Waals surface area contributed by atoms with Crippen molar-refractivity contribution in [1.82, 2.24) is 10.3 Å². The van der Waals surface area contributed by atoms with Gasteiger partial charge in [0.25, 0.3) is 0 Å². The second-order valence-corrected chi connectivity index (χ2v) is 4.84. The van der Waals surface area contributed by atoms with Crippen molar-refractivity contribution < 1.29 is 0 Å². The van der Waals surface area contributed by atoms with Gasteiger partial charge in [-0.25, -0.2) is 0 Å². The fourth-order valence-corrected chi connectivity index (χ4v) is 2.29. The molecule has 3 heteroatoms. The summed E-state index contributed by atoms with van der Waals surface area (Å²) in [4.78, 5) is 5.43. The first-order valence-electron chi connectivity index (χ1n) is 4.92. The molecule has 2 unspecified atom stereocenters. The molecule has 2 rings (SSSR count). The van der Waals surface area contributed by atoms with E-state index >= 15 is 0 Å². The first-order valence-corrected chi connectivity index (χ1v) is 5.80. The Labute approximate surface area is 83.4 Å². The zero-order valence-electron chi connectivity index (χ0n) is 8.16. The van der Waals surface area contributed by atoms with Gasteiger partial charge in [-0.1, -0.05) is 0 Å². The van der Waals surface area contributed by atoms with E-state index in [4.69, 9.17) is 0 Å². The predicted molar refractivity (Wildman–Crippen MR) is 55.9 cm³/mol. The average molecular weight is 196 g/mol.